The lowest BCUT2D eigenvalue weighted by molar-refractivity contribution is 0.396. The monoisotopic (exact) mass is 183 g/mol. The van der Waals surface area contributed by atoms with E-state index < -0.39 is 0 Å². The third-order valence-electron chi connectivity index (χ3n) is 2.10. The van der Waals surface area contributed by atoms with Crippen molar-refractivity contribution in [2.24, 2.45) is 0 Å². The van der Waals surface area contributed by atoms with Gasteiger partial charge in [0.2, 0.25) is 0 Å². The van der Waals surface area contributed by atoms with Crippen molar-refractivity contribution >= 4 is 0 Å². The van der Waals surface area contributed by atoms with E-state index in [1.807, 2.05) is 6.92 Å². The fourth-order valence-electron chi connectivity index (χ4n) is 1.26. The molecule has 0 radical (unpaired) electrons. The molecule has 0 aliphatic carbocycles. The zero-order valence-corrected chi connectivity index (χ0v) is 8.10. The van der Waals surface area contributed by atoms with Gasteiger partial charge in [0.05, 0.1) is 7.11 Å². The number of benzene rings is 1. The molecule has 1 rings (SSSR count). The lowest BCUT2D eigenvalue weighted by atomic mass is 10.1. The number of rotatable bonds is 3. The van der Waals surface area contributed by atoms with Gasteiger partial charge in [-0.25, -0.2) is 4.39 Å². The first kappa shape index (κ1) is 9.99. The smallest absolute Gasteiger partial charge is 0.131 e. The molecule has 0 heterocycles. The van der Waals surface area contributed by atoms with Crippen LogP contribution in [0.2, 0.25) is 0 Å². The first-order chi connectivity index (χ1) is 6.20. The van der Waals surface area contributed by atoms with Gasteiger partial charge in [0.15, 0.2) is 0 Å². The largest absolute Gasteiger partial charge is 0.496 e. The molecule has 1 aromatic carbocycles. The van der Waals surface area contributed by atoms with Gasteiger partial charge in [0, 0.05) is 11.6 Å². The van der Waals surface area contributed by atoms with Crippen LogP contribution in [0.15, 0.2) is 18.2 Å². The number of ether oxygens (including phenoxy) is 1. The van der Waals surface area contributed by atoms with Gasteiger partial charge in [-0.15, -0.1) is 0 Å². The predicted octanol–water partition coefficient (Wildman–Crippen LogP) is 2.11. The Morgan fingerprint density at radius 1 is 1.46 bits per heavy atom. The molecule has 1 aromatic rings. The van der Waals surface area contributed by atoms with Gasteiger partial charge in [-0.2, -0.15) is 0 Å². The quantitative estimate of drug-likeness (QED) is 0.775. The van der Waals surface area contributed by atoms with Gasteiger partial charge in [0.1, 0.15) is 11.6 Å². The topological polar surface area (TPSA) is 21.3 Å². The molecular formula is C10H14FNO. The van der Waals surface area contributed by atoms with Crippen molar-refractivity contribution in [2.45, 2.75) is 13.0 Å². The molecule has 0 saturated carbocycles. The number of nitrogens with one attached hydrogen (secondary N) is 1. The van der Waals surface area contributed by atoms with Crippen molar-refractivity contribution in [1.82, 2.24) is 5.32 Å². The van der Waals surface area contributed by atoms with E-state index in [1.165, 1.54) is 6.07 Å². The van der Waals surface area contributed by atoms with Crippen LogP contribution < -0.4 is 10.1 Å². The Morgan fingerprint density at radius 3 is 2.69 bits per heavy atom. The van der Waals surface area contributed by atoms with E-state index in [2.05, 4.69) is 5.32 Å². The Labute approximate surface area is 77.7 Å². The van der Waals surface area contributed by atoms with Gasteiger partial charge in [0.25, 0.3) is 0 Å². The summed E-state index contributed by atoms with van der Waals surface area (Å²) < 4.78 is 18.4. The predicted molar refractivity (Wildman–Crippen MR) is 50.4 cm³/mol. The number of hydrogen-bond acceptors (Lipinski definition) is 2. The van der Waals surface area contributed by atoms with Crippen LogP contribution in [0, 0.1) is 5.82 Å². The van der Waals surface area contributed by atoms with Crippen LogP contribution in [-0.2, 0) is 0 Å². The fraction of sp³-hybridized carbons (Fsp3) is 0.400. The van der Waals surface area contributed by atoms with Gasteiger partial charge in [-0.05, 0) is 26.1 Å². The Hall–Kier alpha value is -1.09. The Kier molecular flexibility index (Phi) is 3.25. The first-order valence-corrected chi connectivity index (χ1v) is 4.20. The highest BCUT2D eigenvalue weighted by Gasteiger charge is 2.13. The minimum Gasteiger partial charge on any atom is -0.496 e. The SMILES string of the molecule is CNC(C)c1c(F)cccc1OC. The molecule has 13 heavy (non-hydrogen) atoms. The molecule has 0 spiro atoms. The molecule has 0 bridgehead atoms. The minimum absolute atomic E-state index is 0.0452. The molecule has 1 N–H and O–H groups in total. The molecule has 0 aliphatic rings. The van der Waals surface area contributed by atoms with Crippen molar-refractivity contribution in [3.8, 4) is 5.75 Å². The van der Waals surface area contributed by atoms with Crippen molar-refractivity contribution in [3.63, 3.8) is 0 Å². The minimum atomic E-state index is -0.235. The second-order valence-electron chi connectivity index (χ2n) is 2.87. The number of halogens is 1. The third kappa shape index (κ3) is 1.98. The van der Waals surface area contributed by atoms with E-state index in [9.17, 15) is 4.39 Å². The van der Waals surface area contributed by atoms with E-state index in [0.717, 1.165) is 0 Å². The summed E-state index contributed by atoms with van der Waals surface area (Å²) in [6, 6.07) is 4.79. The van der Waals surface area contributed by atoms with Crippen LogP contribution in [0.4, 0.5) is 4.39 Å². The molecule has 0 aromatic heterocycles. The summed E-state index contributed by atoms with van der Waals surface area (Å²) >= 11 is 0. The van der Waals surface area contributed by atoms with Crippen molar-refractivity contribution in [3.05, 3.63) is 29.6 Å². The first-order valence-electron chi connectivity index (χ1n) is 4.20. The van der Waals surface area contributed by atoms with Crippen LogP contribution in [0.25, 0.3) is 0 Å². The second-order valence-corrected chi connectivity index (χ2v) is 2.87. The molecule has 72 valence electrons. The summed E-state index contributed by atoms with van der Waals surface area (Å²) in [5.41, 5.74) is 0.576. The van der Waals surface area contributed by atoms with Crippen LogP contribution in [0.1, 0.15) is 18.5 Å². The van der Waals surface area contributed by atoms with Gasteiger partial charge >= 0.3 is 0 Å². The summed E-state index contributed by atoms with van der Waals surface area (Å²) in [6.45, 7) is 1.89. The maximum Gasteiger partial charge on any atom is 0.131 e. The normalized spacial score (nSPS) is 12.6. The maximum atomic E-state index is 13.4. The van der Waals surface area contributed by atoms with Crippen LogP contribution in [0.5, 0.6) is 5.75 Å². The molecular weight excluding hydrogens is 169 g/mol. The molecule has 0 aliphatic heterocycles. The third-order valence-corrected chi connectivity index (χ3v) is 2.10. The van der Waals surface area contributed by atoms with E-state index in [-0.39, 0.29) is 11.9 Å². The summed E-state index contributed by atoms with van der Waals surface area (Å²) in [6.07, 6.45) is 0. The van der Waals surface area contributed by atoms with Gasteiger partial charge in [-0.3, -0.25) is 0 Å². The molecule has 1 unspecified atom stereocenters. The van der Waals surface area contributed by atoms with E-state index >= 15 is 0 Å². The highest BCUT2D eigenvalue weighted by Crippen LogP contribution is 2.26. The Bertz CT molecular complexity index is 288. The average Bonchev–Trinajstić information content (AvgIpc) is 2.16. The zero-order chi connectivity index (χ0) is 9.84. The summed E-state index contributed by atoms with van der Waals surface area (Å²) in [5.74, 6) is 0.350. The molecule has 0 fully saturated rings. The van der Waals surface area contributed by atoms with Gasteiger partial charge in [-0.1, -0.05) is 6.07 Å². The highest BCUT2D eigenvalue weighted by atomic mass is 19.1. The molecule has 1 atom stereocenters. The van der Waals surface area contributed by atoms with E-state index in [4.69, 9.17) is 4.74 Å². The lowest BCUT2D eigenvalue weighted by Crippen LogP contribution is -2.14. The molecule has 0 amide bonds. The lowest BCUT2D eigenvalue weighted by Gasteiger charge is -2.15. The summed E-state index contributed by atoms with van der Waals surface area (Å²) in [7, 11) is 3.33. The van der Waals surface area contributed by atoms with Crippen LogP contribution in [-0.4, -0.2) is 14.2 Å². The molecule has 2 nitrogen and oxygen atoms in total. The summed E-state index contributed by atoms with van der Waals surface area (Å²) in [4.78, 5) is 0. The summed E-state index contributed by atoms with van der Waals surface area (Å²) in [5, 5.41) is 2.98. The van der Waals surface area contributed by atoms with E-state index in [1.54, 1.807) is 26.3 Å². The second kappa shape index (κ2) is 4.23. The van der Waals surface area contributed by atoms with Crippen LogP contribution >= 0.6 is 0 Å². The van der Waals surface area contributed by atoms with Crippen molar-refractivity contribution < 1.29 is 9.13 Å². The zero-order valence-electron chi connectivity index (χ0n) is 8.10. The number of methoxy groups -OCH3 is 1. The standard InChI is InChI=1S/C10H14FNO/c1-7(12-2)10-8(11)5-4-6-9(10)13-3/h4-7,12H,1-3H3. The number of hydrogen-bond donors (Lipinski definition) is 1. The molecule has 0 saturated heterocycles. The fourth-order valence-corrected chi connectivity index (χ4v) is 1.26. The highest BCUT2D eigenvalue weighted by molar-refractivity contribution is 5.36. The van der Waals surface area contributed by atoms with Crippen molar-refractivity contribution in [2.75, 3.05) is 14.2 Å². The average molecular weight is 183 g/mol. The maximum absolute atomic E-state index is 13.4. The van der Waals surface area contributed by atoms with E-state index in [0.29, 0.717) is 11.3 Å². The molecule has 3 heteroatoms. The Balaban J connectivity index is 3.14. The van der Waals surface area contributed by atoms with Gasteiger partial charge < -0.3 is 10.1 Å². The van der Waals surface area contributed by atoms with Crippen molar-refractivity contribution in [1.29, 1.82) is 0 Å². The van der Waals surface area contributed by atoms with Crippen LogP contribution in [0.3, 0.4) is 0 Å². The Morgan fingerprint density at radius 2 is 2.15 bits per heavy atom.